The molecule has 21 heavy (non-hydrogen) atoms. The Morgan fingerprint density at radius 2 is 2.14 bits per heavy atom. The number of ether oxygens (including phenoxy) is 1. The fourth-order valence-electron chi connectivity index (χ4n) is 2.85. The topological polar surface area (TPSA) is 75.8 Å². The molecule has 0 aromatic heterocycles. The molecule has 1 fully saturated rings. The summed E-state index contributed by atoms with van der Waals surface area (Å²) < 4.78 is 5.63. The standard InChI is InChI=1S/C15H22N2O4/c1-12-3-2-8-16(15(12)11-18)9-10-21-14-6-4-13(5-7-14)17(19)20/h4-7,12,15,18H,2-3,8-11H2,1H3. The highest BCUT2D eigenvalue weighted by Gasteiger charge is 2.27. The van der Waals surface area contributed by atoms with Crippen LogP contribution in [-0.2, 0) is 0 Å². The van der Waals surface area contributed by atoms with Gasteiger partial charge in [-0.15, -0.1) is 0 Å². The normalized spacial score (nSPS) is 23.0. The molecular weight excluding hydrogens is 272 g/mol. The van der Waals surface area contributed by atoms with Crippen molar-refractivity contribution in [3.8, 4) is 5.75 Å². The fraction of sp³-hybridized carbons (Fsp3) is 0.600. The number of aliphatic hydroxyl groups is 1. The zero-order chi connectivity index (χ0) is 15.2. The predicted octanol–water partition coefficient (Wildman–Crippen LogP) is 2.07. The number of non-ortho nitro benzene ring substituents is 1. The zero-order valence-corrected chi connectivity index (χ0v) is 12.3. The molecule has 0 amide bonds. The molecule has 0 saturated carbocycles. The number of benzene rings is 1. The molecule has 1 N–H and O–H groups in total. The highest BCUT2D eigenvalue weighted by molar-refractivity contribution is 5.35. The van der Waals surface area contributed by atoms with E-state index >= 15 is 0 Å². The Labute approximate surface area is 124 Å². The van der Waals surface area contributed by atoms with E-state index in [9.17, 15) is 15.2 Å². The summed E-state index contributed by atoms with van der Waals surface area (Å²) in [6.07, 6.45) is 2.31. The molecule has 0 radical (unpaired) electrons. The van der Waals surface area contributed by atoms with Gasteiger partial charge < -0.3 is 9.84 Å². The van der Waals surface area contributed by atoms with E-state index in [1.165, 1.54) is 12.1 Å². The van der Waals surface area contributed by atoms with Crippen LogP contribution in [0.3, 0.4) is 0 Å². The molecule has 1 aromatic carbocycles. The summed E-state index contributed by atoms with van der Waals surface area (Å²) in [5.74, 6) is 1.13. The van der Waals surface area contributed by atoms with Crippen LogP contribution in [0.25, 0.3) is 0 Å². The van der Waals surface area contributed by atoms with Gasteiger partial charge >= 0.3 is 0 Å². The van der Waals surface area contributed by atoms with Crippen LogP contribution < -0.4 is 4.74 Å². The number of aliphatic hydroxyl groups excluding tert-OH is 1. The lowest BCUT2D eigenvalue weighted by Gasteiger charge is -2.38. The van der Waals surface area contributed by atoms with Crippen molar-refractivity contribution in [2.45, 2.75) is 25.8 Å². The molecule has 6 nitrogen and oxygen atoms in total. The number of likely N-dealkylation sites (tertiary alicyclic amines) is 1. The van der Waals surface area contributed by atoms with Crippen LogP contribution in [0.4, 0.5) is 5.69 Å². The first-order chi connectivity index (χ1) is 10.1. The van der Waals surface area contributed by atoms with Gasteiger partial charge in [-0.3, -0.25) is 15.0 Å². The lowest BCUT2D eigenvalue weighted by molar-refractivity contribution is -0.384. The van der Waals surface area contributed by atoms with E-state index in [4.69, 9.17) is 4.74 Å². The average molecular weight is 294 g/mol. The molecule has 1 saturated heterocycles. The van der Waals surface area contributed by atoms with Gasteiger partial charge in [0, 0.05) is 24.7 Å². The Bertz CT molecular complexity index is 463. The van der Waals surface area contributed by atoms with Crippen LogP contribution in [0.2, 0.25) is 0 Å². The Balaban J connectivity index is 1.81. The first-order valence-electron chi connectivity index (χ1n) is 7.34. The average Bonchev–Trinajstić information content (AvgIpc) is 2.48. The first-order valence-corrected chi connectivity index (χ1v) is 7.34. The second kappa shape index (κ2) is 7.38. The van der Waals surface area contributed by atoms with Crippen molar-refractivity contribution in [2.75, 3.05) is 26.3 Å². The number of piperidine rings is 1. The highest BCUT2D eigenvalue weighted by Crippen LogP contribution is 2.23. The lowest BCUT2D eigenvalue weighted by Crippen LogP contribution is -2.48. The SMILES string of the molecule is CC1CCCN(CCOc2ccc([N+](=O)[O-])cc2)C1CO. The molecule has 0 spiro atoms. The van der Waals surface area contributed by atoms with E-state index in [0.29, 0.717) is 18.3 Å². The maximum Gasteiger partial charge on any atom is 0.269 e. The first kappa shape index (κ1) is 15.7. The molecule has 1 aromatic rings. The maximum absolute atomic E-state index is 10.6. The molecule has 0 bridgehead atoms. The van der Waals surface area contributed by atoms with Gasteiger partial charge in [-0.25, -0.2) is 0 Å². The largest absolute Gasteiger partial charge is 0.492 e. The molecule has 1 aliphatic heterocycles. The van der Waals surface area contributed by atoms with Crippen molar-refractivity contribution < 1.29 is 14.8 Å². The molecular formula is C15H22N2O4. The van der Waals surface area contributed by atoms with E-state index in [1.54, 1.807) is 12.1 Å². The van der Waals surface area contributed by atoms with E-state index < -0.39 is 4.92 Å². The maximum atomic E-state index is 10.6. The van der Waals surface area contributed by atoms with Gasteiger partial charge in [0.15, 0.2) is 0 Å². The van der Waals surface area contributed by atoms with Gasteiger partial charge in [0.1, 0.15) is 12.4 Å². The van der Waals surface area contributed by atoms with Crippen molar-refractivity contribution in [1.82, 2.24) is 4.90 Å². The van der Waals surface area contributed by atoms with E-state index in [0.717, 1.165) is 25.9 Å². The summed E-state index contributed by atoms with van der Waals surface area (Å²) in [7, 11) is 0. The molecule has 0 aliphatic carbocycles. The summed E-state index contributed by atoms with van der Waals surface area (Å²) in [6.45, 7) is 4.61. The van der Waals surface area contributed by atoms with E-state index in [1.807, 2.05) is 0 Å². The third-order valence-electron chi connectivity index (χ3n) is 4.11. The molecule has 2 rings (SSSR count). The molecule has 2 atom stereocenters. The minimum atomic E-state index is -0.426. The second-order valence-electron chi connectivity index (χ2n) is 5.50. The smallest absolute Gasteiger partial charge is 0.269 e. The minimum absolute atomic E-state index is 0.0625. The van der Waals surface area contributed by atoms with Gasteiger partial charge in [-0.2, -0.15) is 0 Å². The Hall–Kier alpha value is -1.66. The van der Waals surface area contributed by atoms with Gasteiger partial charge in [-0.1, -0.05) is 6.92 Å². The van der Waals surface area contributed by atoms with Gasteiger partial charge in [0.05, 0.1) is 11.5 Å². The van der Waals surface area contributed by atoms with Crippen molar-refractivity contribution >= 4 is 5.69 Å². The third kappa shape index (κ3) is 4.15. The van der Waals surface area contributed by atoms with E-state index in [-0.39, 0.29) is 18.3 Å². The van der Waals surface area contributed by atoms with Crippen LogP contribution >= 0.6 is 0 Å². The van der Waals surface area contributed by atoms with Gasteiger partial charge in [0.25, 0.3) is 5.69 Å². The van der Waals surface area contributed by atoms with Crippen LogP contribution in [0.15, 0.2) is 24.3 Å². The predicted molar refractivity (Wildman–Crippen MR) is 79.4 cm³/mol. The van der Waals surface area contributed by atoms with Gasteiger partial charge in [-0.05, 0) is 37.4 Å². The van der Waals surface area contributed by atoms with E-state index in [2.05, 4.69) is 11.8 Å². The van der Waals surface area contributed by atoms with Crippen LogP contribution in [-0.4, -0.2) is 47.3 Å². The van der Waals surface area contributed by atoms with Crippen LogP contribution in [0, 0.1) is 16.0 Å². The van der Waals surface area contributed by atoms with Crippen molar-refractivity contribution in [2.24, 2.45) is 5.92 Å². The lowest BCUT2D eigenvalue weighted by atomic mass is 9.91. The van der Waals surface area contributed by atoms with Crippen LogP contribution in [0.1, 0.15) is 19.8 Å². The Morgan fingerprint density at radius 3 is 2.76 bits per heavy atom. The van der Waals surface area contributed by atoms with Crippen LogP contribution in [0.5, 0.6) is 5.75 Å². The molecule has 6 heteroatoms. The summed E-state index contributed by atoms with van der Waals surface area (Å²) >= 11 is 0. The monoisotopic (exact) mass is 294 g/mol. The quantitative estimate of drug-likeness (QED) is 0.642. The Morgan fingerprint density at radius 1 is 1.43 bits per heavy atom. The Kier molecular flexibility index (Phi) is 5.52. The molecule has 2 unspecified atom stereocenters. The summed E-state index contributed by atoms with van der Waals surface area (Å²) in [5.41, 5.74) is 0.0625. The molecule has 116 valence electrons. The third-order valence-corrected chi connectivity index (χ3v) is 4.11. The van der Waals surface area contributed by atoms with Crippen molar-refractivity contribution in [3.05, 3.63) is 34.4 Å². The number of rotatable bonds is 6. The van der Waals surface area contributed by atoms with Crippen molar-refractivity contribution in [1.29, 1.82) is 0 Å². The number of nitro groups is 1. The molecule has 1 aliphatic rings. The number of nitro benzene ring substituents is 1. The second-order valence-corrected chi connectivity index (χ2v) is 5.50. The molecule has 1 heterocycles. The number of nitrogens with zero attached hydrogens (tertiary/aromatic N) is 2. The highest BCUT2D eigenvalue weighted by atomic mass is 16.6. The van der Waals surface area contributed by atoms with Crippen molar-refractivity contribution in [3.63, 3.8) is 0 Å². The summed E-state index contributed by atoms with van der Waals surface area (Å²) in [6, 6.07) is 6.31. The zero-order valence-electron chi connectivity index (χ0n) is 12.3. The summed E-state index contributed by atoms with van der Waals surface area (Å²) in [5, 5.41) is 20.1. The van der Waals surface area contributed by atoms with Gasteiger partial charge in [0.2, 0.25) is 0 Å². The number of hydrogen-bond donors (Lipinski definition) is 1. The summed E-state index contributed by atoms with van der Waals surface area (Å²) in [4.78, 5) is 12.4. The number of hydrogen-bond acceptors (Lipinski definition) is 5. The fourth-order valence-corrected chi connectivity index (χ4v) is 2.85. The minimum Gasteiger partial charge on any atom is -0.492 e.